The molecule has 0 radical (unpaired) electrons. The summed E-state index contributed by atoms with van der Waals surface area (Å²) in [5.74, 6) is 4.68. The van der Waals surface area contributed by atoms with Gasteiger partial charge in [-0.05, 0) is 105 Å². The average Bonchev–Trinajstić information content (AvgIpc) is 2.80. The van der Waals surface area contributed by atoms with Crippen LogP contribution in [0.25, 0.3) is 0 Å². The van der Waals surface area contributed by atoms with Gasteiger partial charge in [-0.15, -0.1) is 0 Å². The van der Waals surface area contributed by atoms with Crippen molar-refractivity contribution in [3.05, 3.63) is 0 Å². The van der Waals surface area contributed by atoms with Gasteiger partial charge in [-0.1, -0.05) is 19.8 Å². The van der Waals surface area contributed by atoms with Gasteiger partial charge in [0, 0.05) is 0 Å². The molecule has 8 unspecified atom stereocenters. The first-order valence-electron chi connectivity index (χ1n) is 10.2. The SMILES string of the molecule is CC1(O)CC23CCC4C(CCC5CCCCC54C)C2CCC13. The predicted molar refractivity (Wildman–Crippen MR) is 89.4 cm³/mol. The van der Waals surface area contributed by atoms with Gasteiger partial charge in [-0.3, -0.25) is 0 Å². The molecule has 8 atom stereocenters. The van der Waals surface area contributed by atoms with E-state index in [1.54, 1.807) is 0 Å². The summed E-state index contributed by atoms with van der Waals surface area (Å²) in [5.41, 5.74) is 0.920. The van der Waals surface area contributed by atoms with Crippen LogP contribution in [0.4, 0.5) is 0 Å². The minimum Gasteiger partial charge on any atom is -0.390 e. The Morgan fingerprint density at radius 1 is 0.818 bits per heavy atom. The van der Waals surface area contributed by atoms with Crippen molar-refractivity contribution >= 4 is 0 Å². The molecule has 0 heterocycles. The Bertz CT molecular complexity index is 482. The molecular weight excluding hydrogens is 268 g/mol. The number of fused-ring (bicyclic) bond motifs is 4. The molecule has 22 heavy (non-hydrogen) atoms. The van der Waals surface area contributed by atoms with E-state index in [0.717, 1.165) is 30.1 Å². The largest absolute Gasteiger partial charge is 0.390 e. The van der Waals surface area contributed by atoms with Crippen LogP contribution in [0.5, 0.6) is 0 Å². The minimum absolute atomic E-state index is 0.326. The fourth-order valence-electron chi connectivity index (χ4n) is 9.04. The normalized spacial score (nSPS) is 63.1. The van der Waals surface area contributed by atoms with Gasteiger partial charge >= 0.3 is 0 Å². The molecule has 0 amide bonds. The van der Waals surface area contributed by atoms with Crippen molar-refractivity contribution in [2.45, 2.75) is 90.1 Å². The van der Waals surface area contributed by atoms with E-state index in [9.17, 15) is 5.11 Å². The lowest BCUT2D eigenvalue weighted by molar-refractivity contribution is -0.223. The molecule has 5 aliphatic rings. The molecule has 5 fully saturated rings. The van der Waals surface area contributed by atoms with Gasteiger partial charge in [0.1, 0.15) is 0 Å². The fourth-order valence-corrected chi connectivity index (χ4v) is 9.04. The standard InChI is InChI=1S/C21H34O/c1-19-11-4-3-5-14(19)6-7-15-16(19)10-12-21-13-20(2,22)18(21)9-8-17(15)21/h14-18,22H,3-13H2,1-2H3. The molecule has 1 N–H and O–H groups in total. The zero-order valence-corrected chi connectivity index (χ0v) is 14.6. The van der Waals surface area contributed by atoms with Crippen LogP contribution in [-0.2, 0) is 0 Å². The number of rotatable bonds is 0. The second-order valence-electron chi connectivity index (χ2n) is 10.3. The highest BCUT2D eigenvalue weighted by molar-refractivity contribution is 5.19. The topological polar surface area (TPSA) is 20.2 Å². The summed E-state index contributed by atoms with van der Waals surface area (Å²) < 4.78 is 0. The van der Waals surface area contributed by atoms with Crippen molar-refractivity contribution in [2.75, 3.05) is 0 Å². The lowest BCUT2D eigenvalue weighted by atomic mass is 9.39. The van der Waals surface area contributed by atoms with E-state index in [4.69, 9.17) is 0 Å². The fraction of sp³-hybridized carbons (Fsp3) is 1.00. The summed E-state index contributed by atoms with van der Waals surface area (Å²) in [5, 5.41) is 10.7. The van der Waals surface area contributed by atoms with Crippen molar-refractivity contribution in [2.24, 2.45) is 40.4 Å². The maximum absolute atomic E-state index is 10.7. The van der Waals surface area contributed by atoms with Crippen LogP contribution >= 0.6 is 0 Å². The van der Waals surface area contributed by atoms with E-state index in [0.29, 0.717) is 16.7 Å². The molecule has 0 bridgehead atoms. The van der Waals surface area contributed by atoms with E-state index in [1.807, 2.05) is 0 Å². The Kier molecular flexibility index (Phi) is 2.81. The first-order chi connectivity index (χ1) is 10.5. The molecule has 0 aromatic rings. The van der Waals surface area contributed by atoms with Crippen LogP contribution in [-0.4, -0.2) is 10.7 Å². The van der Waals surface area contributed by atoms with Crippen LogP contribution in [0.15, 0.2) is 0 Å². The lowest BCUT2D eigenvalue weighted by Gasteiger charge is -2.66. The molecule has 1 spiro atoms. The summed E-state index contributed by atoms with van der Waals surface area (Å²) in [6.45, 7) is 4.80. The molecule has 5 aliphatic carbocycles. The molecule has 1 nitrogen and oxygen atoms in total. The predicted octanol–water partition coefficient (Wildman–Crippen LogP) is 5.17. The third-order valence-corrected chi connectivity index (χ3v) is 9.74. The number of aliphatic hydroxyl groups is 1. The molecule has 0 aromatic heterocycles. The third kappa shape index (κ3) is 1.55. The van der Waals surface area contributed by atoms with Crippen LogP contribution in [0.3, 0.4) is 0 Å². The van der Waals surface area contributed by atoms with Gasteiger partial charge in [0.25, 0.3) is 0 Å². The first-order valence-corrected chi connectivity index (χ1v) is 10.2. The van der Waals surface area contributed by atoms with Crippen molar-refractivity contribution in [1.82, 2.24) is 0 Å². The highest BCUT2D eigenvalue weighted by Crippen LogP contribution is 2.74. The van der Waals surface area contributed by atoms with Crippen molar-refractivity contribution < 1.29 is 5.11 Å². The Labute approximate surface area is 136 Å². The van der Waals surface area contributed by atoms with Gasteiger partial charge in [-0.2, -0.15) is 0 Å². The lowest BCUT2D eigenvalue weighted by Crippen LogP contribution is -2.63. The quantitative estimate of drug-likeness (QED) is 0.654. The van der Waals surface area contributed by atoms with Crippen LogP contribution in [0.1, 0.15) is 84.5 Å². The highest BCUT2D eigenvalue weighted by Gasteiger charge is 2.70. The van der Waals surface area contributed by atoms with Crippen LogP contribution in [0, 0.1) is 40.4 Å². The van der Waals surface area contributed by atoms with Crippen molar-refractivity contribution in [1.29, 1.82) is 0 Å². The summed E-state index contributed by atoms with van der Waals surface area (Å²) in [6.07, 6.45) is 15.9. The zero-order valence-electron chi connectivity index (χ0n) is 14.6. The third-order valence-electron chi connectivity index (χ3n) is 9.74. The van der Waals surface area contributed by atoms with E-state index >= 15 is 0 Å². The van der Waals surface area contributed by atoms with E-state index in [2.05, 4.69) is 13.8 Å². The molecular formula is C21H34O. The Morgan fingerprint density at radius 3 is 2.50 bits per heavy atom. The molecule has 0 saturated heterocycles. The molecule has 0 aromatic carbocycles. The number of hydrogen-bond acceptors (Lipinski definition) is 1. The maximum Gasteiger partial charge on any atom is 0.0658 e. The zero-order chi connectivity index (χ0) is 15.2. The molecule has 0 aliphatic heterocycles. The number of hydrogen-bond donors (Lipinski definition) is 1. The Hall–Kier alpha value is -0.0400. The summed E-state index contributed by atoms with van der Waals surface area (Å²) in [4.78, 5) is 0. The first kappa shape index (κ1) is 14.3. The van der Waals surface area contributed by atoms with E-state index in [1.165, 1.54) is 64.2 Å². The van der Waals surface area contributed by atoms with Crippen LogP contribution in [0.2, 0.25) is 0 Å². The van der Waals surface area contributed by atoms with Gasteiger partial charge in [0.15, 0.2) is 0 Å². The molecule has 5 rings (SSSR count). The summed E-state index contributed by atoms with van der Waals surface area (Å²) in [7, 11) is 0. The van der Waals surface area contributed by atoms with Crippen molar-refractivity contribution in [3.63, 3.8) is 0 Å². The second-order valence-corrected chi connectivity index (χ2v) is 10.3. The van der Waals surface area contributed by atoms with Gasteiger partial charge in [0.05, 0.1) is 5.60 Å². The van der Waals surface area contributed by atoms with Crippen molar-refractivity contribution in [3.8, 4) is 0 Å². The van der Waals surface area contributed by atoms with Crippen LogP contribution < -0.4 is 0 Å². The van der Waals surface area contributed by atoms with Gasteiger partial charge in [-0.25, -0.2) is 0 Å². The Morgan fingerprint density at radius 2 is 1.68 bits per heavy atom. The summed E-state index contributed by atoms with van der Waals surface area (Å²) in [6, 6.07) is 0. The summed E-state index contributed by atoms with van der Waals surface area (Å²) >= 11 is 0. The smallest absolute Gasteiger partial charge is 0.0658 e. The van der Waals surface area contributed by atoms with E-state index < -0.39 is 0 Å². The maximum atomic E-state index is 10.7. The average molecular weight is 303 g/mol. The van der Waals surface area contributed by atoms with E-state index in [-0.39, 0.29) is 5.60 Å². The Balaban J connectivity index is 1.46. The monoisotopic (exact) mass is 302 g/mol. The molecule has 1 heteroatoms. The highest BCUT2D eigenvalue weighted by atomic mass is 16.3. The molecule has 124 valence electrons. The molecule has 5 saturated carbocycles. The second kappa shape index (κ2) is 4.32. The van der Waals surface area contributed by atoms with Gasteiger partial charge < -0.3 is 5.11 Å². The minimum atomic E-state index is -0.326. The van der Waals surface area contributed by atoms with Gasteiger partial charge in [0.2, 0.25) is 0 Å².